The first-order valence-corrected chi connectivity index (χ1v) is 6.25. The summed E-state index contributed by atoms with van der Waals surface area (Å²) in [5.41, 5.74) is 0.221. The van der Waals surface area contributed by atoms with Crippen molar-refractivity contribution < 1.29 is 4.92 Å². The Bertz CT molecular complexity index is 453. The molecule has 7 heteroatoms. The Morgan fingerprint density at radius 1 is 1.44 bits per heavy atom. The van der Waals surface area contributed by atoms with Gasteiger partial charge in [-0.25, -0.2) is 4.98 Å². The summed E-state index contributed by atoms with van der Waals surface area (Å²) in [5, 5.41) is 11.2. The van der Waals surface area contributed by atoms with E-state index in [1.807, 2.05) is 25.7 Å². The standard InChI is InChI=1S/C11H17ClN4O2/c1-5-7(3)15(6-2)10-9(16(17)18)8(4)13-11(12)14-10/h7H,5-6H2,1-4H3. The Kier molecular flexibility index (Phi) is 4.84. The molecule has 6 nitrogen and oxygen atoms in total. The quantitative estimate of drug-likeness (QED) is 0.468. The van der Waals surface area contributed by atoms with Gasteiger partial charge in [0.05, 0.1) is 4.92 Å². The summed E-state index contributed by atoms with van der Waals surface area (Å²) in [6.45, 7) is 8.15. The van der Waals surface area contributed by atoms with Crippen LogP contribution in [0.2, 0.25) is 5.28 Å². The Morgan fingerprint density at radius 3 is 2.50 bits per heavy atom. The minimum atomic E-state index is -0.452. The van der Waals surface area contributed by atoms with Gasteiger partial charge in [0.2, 0.25) is 11.1 Å². The smallest absolute Gasteiger partial charge is 0.332 e. The van der Waals surface area contributed by atoms with Crippen molar-refractivity contribution >= 4 is 23.1 Å². The van der Waals surface area contributed by atoms with Gasteiger partial charge in [0, 0.05) is 12.6 Å². The third-order valence-electron chi connectivity index (χ3n) is 2.93. The first-order chi connectivity index (χ1) is 8.42. The highest BCUT2D eigenvalue weighted by atomic mass is 35.5. The predicted octanol–water partition coefficient (Wildman–Crippen LogP) is 2.97. The minimum absolute atomic E-state index is 0.0369. The maximum absolute atomic E-state index is 11.1. The van der Waals surface area contributed by atoms with Gasteiger partial charge in [-0.1, -0.05) is 6.92 Å². The molecule has 0 radical (unpaired) electrons. The van der Waals surface area contributed by atoms with Crippen LogP contribution in [-0.2, 0) is 0 Å². The lowest BCUT2D eigenvalue weighted by atomic mass is 10.2. The van der Waals surface area contributed by atoms with Crippen molar-refractivity contribution in [2.45, 2.75) is 40.2 Å². The molecule has 0 N–H and O–H groups in total. The Hall–Kier alpha value is -1.43. The number of aryl methyl sites for hydroxylation is 1. The fraction of sp³-hybridized carbons (Fsp3) is 0.636. The third kappa shape index (κ3) is 2.87. The zero-order valence-corrected chi connectivity index (χ0v) is 11.7. The summed E-state index contributed by atoms with van der Waals surface area (Å²) in [7, 11) is 0. The molecule has 0 bridgehead atoms. The summed E-state index contributed by atoms with van der Waals surface area (Å²) < 4.78 is 0. The number of aromatic nitrogens is 2. The molecular formula is C11H17ClN4O2. The van der Waals surface area contributed by atoms with Gasteiger partial charge in [-0.05, 0) is 38.8 Å². The fourth-order valence-corrected chi connectivity index (χ4v) is 2.03. The molecule has 0 saturated heterocycles. The number of hydrogen-bond donors (Lipinski definition) is 0. The number of hydrogen-bond acceptors (Lipinski definition) is 5. The Labute approximate surface area is 111 Å². The Morgan fingerprint density at radius 2 is 2.06 bits per heavy atom. The van der Waals surface area contributed by atoms with E-state index >= 15 is 0 Å². The molecule has 0 aliphatic rings. The molecular weight excluding hydrogens is 256 g/mol. The van der Waals surface area contributed by atoms with Gasteiger partial charge in [0.15, 0.2) is 0 Å². The maximum Gasteiger partial charge on any atom is 0.332 e. The molecule has 1 unspecified atom stereocenters. The molecule has 0 fully saturated rings. The van der Waals surface area contributed by atoms with Crippen LogP contribution in [0.3, 0.4) is 0 Å². The second-order valence-electron chi connectivity index (χ2n) is 4.05. The highest BCUT2D eigenvalue weighted by molar-refractivity contribution is 6.28. The highest BCUT2D eigenvalue weighted by Gasteiger charge is 2.27. The topological polar surface area (TPSA) is 72.2 Å². The molecule has 1 aromatic rings. The predicted molar refractivity (Wildman–Crippen MR) is 71.2 cm³/mol. The van der Waals surface area contributed by atoms with Crippen LogP contribution in [0, 0.1) is 17.0 Å². The number of nitrogens with zero attached hydrogens (tertiary/aromatic N) is 4. The van der Waals surface area contributed by atoms with Gasteiger partial charge in [0.1, 0.15) is 5.69 Å². The van der Waals surface area contributed by atoms with Crippen LogP contribution < -0.4 is 4.90 Å². The minimum Gasteiger partial charge on any atom is -0.348 e. The molecule has 18 heavy (non-hydrogen) atoms. The molecule has 1 aromatic heterocycles. The third-order valence-corrected chi connectivity index (χ3v) is 3.10. The van der Waals surface area contributed by atoms with E-state index in [9.17, 15) is 10.1 Å². The van der Waals surface area contributed by atoms with Crippen LogP contribution in [0.1, 0.15) is 32.9 Å². The molecule has 0 amide bonds. The van der Waals surface area contributed by atoms with Crippen LogP contribution >= 0.6 is 11.6 Å². The zero-order valence-electron chi connectivity index (χ0n) is 11.0. The van der Waals surface area contributed by atoms with Crippen molar-refractivity contribution in [3.8, 4) is 0 Å². The monoisotopic (exact) mass is 272 g/mol. The average molecular weight is 273 g/mol. The molecule has 0 saturated carbocycles. The number of rotatable bonds is 5. The van der Waals surface area contributed by atoms with Crippen molar-refractivity contribution in [3.63, 3.8) is 0 Å². The van der Waals surface area contributed by atoms with Crippen molar-refractivity contribution in [3.05, 3.63) is 21.1 Å². The van der Waals surface area contributed by atoms with E-state index < -0.39 is 4.92 Å². The molecule has 100 valence electrons. The van der Waals surface area contributed by atoms with Gasteiger partial charge < -0.3 is 4.90 Å². The van der Waals surface area contributed by atoms with Crippen LogP contribution in [0.5, 0.6) is 0 Å². The number of halogens is 1. The van der Waals surface area contributed by atoms with Gasteiger partial charge >= 0.3 is 5.69 Å². The van der Waals surface area contributed by atoms with E-state index in [1.165, 1.54) is 0 Å². The van der Waals surface area contributed by atoms with Crippen molar-refractivity contribution in [1.82, 2.24) is 9.97 Å². The fourth-order valence-electron chi connectivity index (χ4n) is 1.82. The number of nitro groups is 1. The summed E-state index contributed by atoms with van der Waals surface area (Å²) in [4.78, 5) is 20.4. The van der Waals surface area contributed by atoms with Crippen LogP contribution in [0.25, 0.3) is 0 Å². The lowest BCUT2D eigenvalue weighted by molar-refractivity contribution is -0.385. The first kappa shape index (κ1) is 14.6. The normalized spacial score (nSPS) is 12.3. The van der Waals surface area contributed by atoms with Crippen molar-refractivity contribution in [1.29, 1.82) is 0 Å². The van der Waals surface area contributed by atoms with E-state index in [2.05, 4.69) is 9.97 Å². The lowest BCUT2D eigenvalue weighted by Crippen LogP contribution is -2.34. The molecule has 0 spiro atoms. The van der Waals surface area contributed by atoms with E-state index in [1.54, 1.807) is 6.92 Å². The number of anilines is 1. The second-order valence-corrected chi connectivity index (χ2v) is 4.39. The Balaban J connectivity index is 3.40. The van der Waals surface area contributed by atoms with E-state index in [0.29, 0.717) is 12.4 Å². The molecule has 1 rings (SSSR count). The van der Waals surface area contributed by atoms with E-state index in [0.717, 1.165) is 6.42 Å². The summed E-state index contributed by atoms with van der Waals surface area (Å²) >= 11 is 5.80. The van der Waals surface area contributed by atoms with Gasteiger partial charge in [-0.15, -0.1) is 0 Å². The molecule has 0 aliphatic heterocycles. The van der Waals surface area contributed by atoms with Crippen LogP contribution in [0.15, 0.2) is 0 Å². The molecule has 1 heterocycles. The van der Waals surface area contributed by atoms with Gasteiger partial charge in [-0.3, -0.25) is 10.1 Å². The highest BCUT2D eigenvalue weighted by Crippen LogP contribution is 2.31. The lowest BCUT2D eigenvalue weighted by Gasteiger charge is -2.28. The van der Waals surface area contributed by atoms with Gasteiger partial charge in [-0.2, -0.15) is 4.98 Å². The molecule has 0 aromatic carbocycles. The second kappa shape index (κ2) is 5.95. The SMILES string of the molecule is CCC(C)N(CC)c1nc(Cl)nc(C)c1[N+](=O)[O-]. The van der Waals surface area contributed by atoms with Crippen LogP contribution in [-0.4, -0.2) is 27.5 Å². The molecule has 0 aliphatic carbocycles. The summed E-state index contributed by atoms with van der Waals surface area (Å²) in [5.74, 6) is 0.300. The van der Waals surface area contributed by atoms with Gasteiger partial charge in [0.25, 0.3) is 0 Å². The average Bonchev–Trinajstić information content (AvgIpc) is 2.28. The summed E-state index contributed by atoms with van der Waals surface area (Å²) in [6.07, 6.45) is 0.867. The summed E-state index contributed by atoms with van der Waals surface area (Å²) in [6, 6.07) is 0.152. The van der Waals surface area contributed by atoms with Crippen molar-refractivity contribution in [2.75, 3.05) is 11.4 Å². The van der Waals surface area contributed by atoms with E-state index in [4.69, 9.17) is 11.6 Å². The first-order valence-electron chi connectivity index (χ1n) is 5.87. The zero-order chi connectivity index (χ0) is 13.9. The van der Waals surface area contributed by atoms with Crippen LogP contribution in [0.4, 0.5) is 11.5 Å². The largest absolute Gasteiger partial charge is 0.348 e. The molecule has 1 atom stereocenters. The van der Waals surface area contributed by atoms with E-state index in [-0.39, 0.29) is 22.7 Å². The van der Waals surface area contributed by atoms with Crippen molar-refractivity contribution in [2.24, 2.45) is 0 Å². The maximum atomic E-state index is 11.1.